The maximum absolute atomic E-state index is 12.9. The van der Waals surface area contributed by atoms with Crippen LogP contribution in [0.1, 0.15) is 33.1 Å². The molecule has 116 valence electrons. The monoisotopic (exact) mass is 283 g/mol. The molecule has 5 heteroatoms. The highest BCUT2D eigenvalue weighted by atomic mass is 16.3. The van der Waals surface area contributed by atoms with E-state index in [1.54, 1.807) is 0 Å². The van der Waals surface area contributed by atoms with E-state index in [1.165, 1.54) is 0 Å². The van der Waals surface area contributed by atoms with Gasteiger partial charge in [0.1, 0.15) is 0 Å². The fraction of sp³-hybridized carbons (Fsp3) is 0.933. The molecule has 2 fully saturated rings. The Kier molecular flexibility index (Phi) is 4.72. The molecule has 2 N–H and O–H groups in total. The number of rotatable bonds is 3. The summed E-state index contributed by atoms with van der Waals surface area (Å²) in [6.07, 6.45) is 2.51. The summed E-state index contributed by atoms with van der Waals surface area (Å²) >= 11 is 0. The van der Waals surface area contributed by atoms with Crippen molar-refractivity contribution in [2.75, 3.05) is 33.7 Å². The van der Waals surface area contributed by atoms with Crippen LogP contribution in [-0.4, -0.2) is 72.7 Å². The van der Waals surface area contributed by atoms with Gasteiger partial charge < -0.3 is 20.2 Å². The maximum atomic E-state index is 12.9. The van der Waals surface area contributed by atoms with Crippen LogP contribution in [0.2, 0.25) is 0 Å². The van der Waals surface area contributed by atoms with Gasteiger partial charge in [-0.1, -0.05) is 13.8 Å². The largest absolute Gasteiger partial charge is 0.391 e. The highest BCUT2D eigenvalue weighted by molar-refractivity contribution is 5.83. The van der Waals surface area contributed by atoms with Crippen molar-refractivity contribution < 1.29 is 9.90 Å². The standard InChI is InChI=1S/C15H29N3O2/c1-15(2)6-5-7-16-13(15)14(20)18-10-12(19)8-11(18)9-17(3)4/h11-13,16,19H,5-10H2,1-4H3. The minimum Gasteiger partial charge on any atom is -0.391 e. The number of nitrogens with zero attached hydrogens (tertiary/aromatic N) is 2. The van der Waals surface area contributed by atoms with E-state index in [-0.39, 0.29) is 29.5 Å². The third kappa shape index (κ3) is 3.32. The second-order valence-electron chi connectivity index (χ2n) is 7.28. The number of carbonyl (C=O) groups excluding carboxylic acids is 1. The number of β-amino-alcohol motifs (C(OH)–C–C–N with tert-alkyl or cyclic N) is 1. The summed E-state index contributed by atoms with van der Waals surface area (Å²) in [7, 11) is 4.02. The molecule has 2 aliphatic heterocycles. The van der Waals surface area contributed by atoms with Gasteiger partial charge in [-0.3, -0.25) is 4.79 Å². The predicted molar refractivity (Wildman–Crippen MR) is 79.5 cm³/mol. The van der Waals surface area contributed by atoms with Gasteiger partial charge in [-0.15, -0.1) is 0 Å². The summed E-state index contributed by atoms with van der Waals surface area (Å²) in [5, 5.41) is 13.3. The molecule has 0 bridgehead atoms. The first kappa shape index (κ1) is 15.7. The first-order chi connectivity index (χ1) is 9.31. The molecule has 20 heavy (non-hydrogen) atoms. The Balaban J connectivity index is 2.10. The van der Waals surface area contributed by atoms with Gasteiger partial charge in [0.05, 0.1) is 12.1 Å². The van der Waals surface area contributed by atoms with E-state index >= 15 is 0 Å². The Hall–Kier alpha value is -0.650. The van der Waals surface area contributed by atoms with Crippen molar-refractivity contribution in [3.8, 4) is 0 Å². The lowest BCUT2D eigenvalue weighted by molar-refractivity contribution is -0.138. The van der Waals surface area contributed by atoms with E-state index in [0.717, 1.165) is 25.9 Å². The highest BCUT2D eigenvalue weighted by Gasteiger charge is 2.43. The lowest BCUT2D eigenvalue weighted by atomic mass is 9.77. The quantitative estimate of drug-likeness (QED) is 0.781. The molecule has 0 radical (unpaired) electrons. The number of aliphatic hydroxyl groups excluding tert-OH is 1. The van der Waals surface area contributed by atoms with Crippen LogP contribution in [0, 0.1) is 5.41 Å². The SMILES string of the molecule is CN(C)CC1CC(O)CN1C(=O)C1NCCCC1(C)C. The Morgan fingerprint density at radius 2 is 2.15 bits per heavy atom. The summed E-state index contributed by atoms with van der Waals surface area (Å²) < 4.78 is 0. The van der Waals surface area contributed by atoms with Crippen molar-refractivity contribution in [2.45, 2.75) is 51.3 Å². The van der Waals surface area contributed by atoms with Crippen LogP contribution in [0.5, 0.6) is 0 Å². The number of hydrogen-bond acceptors (Lipinski definition) is 4. The van der Waals surface area contributed by atoms with Crippen LogP contribution in [-0.2, 0) is 4.79 Å². The van der Waals surface area contributed by atoms with Crippen molar-refractivity contribution in [1.29, 1.82) is 0 Å². The number of amides is 1. The molecule has 2 aliphatic rings. The van der Waals surface area contributed by atoms with Crippen LogP contribution >= 0.6 is 0 Å². The van der Waals surface area contributed by atoms with Crippen molar-refractivity contribution in [1.82, 2.24) is 15.1 Å². The van der Waals surface area contributed by atoms with Crippen LogP contribution < -0.4 is 5.32 Å². The van der Waals surface area contributed by atoms with Gasteiger partial charge in [-0.05, 0) is 45.3 Å². The maximum Gasteiger partial charge on any atom is 0.240 e. The third-order valence-electron chi connectivity index (χ3n) is 4.63. The second-order valence-corrected chi connectivity index (χ2v) is 7.28. The molecular weight excluding hydrogens is 254 g/mol. The van der Waals surface area contributed by atoms with Crippen molar-refractivity contribution in [3.63, 3.8) is 0 Å². The third-order valence-corrected chi connectivity index (χ3v) is 4.63. The number of carbonyl (C=O) groups is 1. The van der Waals surface area contributed by atoms with Gasteiger partial charge in [-0.25, -0.2) is 0 Å². The molecule has 2 rings (SSSR count). The molecule has 2 heterocycles. The molecular formula is C15H29N3O2. The Bertz CT molecular complexity index is 357. The lowest BCUT2D eigenvalue weighted by Gasteiger charge is -2.41. The number of likely N-dealkylation sites (tertiary alicyclic amines) is 1. The molecule has 0 spiro atoms. The van der Waals surface area contributed by atoms with E-state index in [9.17, 15) is 9.90 Å². The van der Waals surface area contributed by atoms with E-state index in [1.807, 2.05) is 19.0 Å². The van der Waals surface area contributed by atoms with Crippen molar-refractivity contribution in [2.24, 2.45) is 5.41 Å². The summed E-state index contributed by atoms with van der Waals surface area (Å²) in [6, 6.07) is 0.0123. The first-order valence-corrected chi connectivity index (χ1v) is 7.68. The summed E-state index contributed by atoms with van der Waals surface area (Å²) in [6.45, 7) is 6.53. The molecule has 3 unspecified atom stereocenters. The van der Waals surface area contributed by atoms with Gasteiger partial charge in [0.25, 0.3) is 0 Å². The summed E-state index contributed by atoms with van der Waals surface area (Å²) in [5.41, 5.74) is -0.00839. The molecule has 0 aromatic rings. The Morgan fingerprint density at radius 1 is 1.45 bits per heavy atom. The Labute approximate surface area is 122 Å². The zero-order valence-electron chi connectivity index (χ0n) is 13.2. The smallest absolute Gasteiger partial charge is 0.240 e. The normalized spacial score (nSPS) is 33.7. The summed E-state index contributed by atoms with van der Waals surface area (Å²) in [5.74, 6) is 0.165. The molecule has 3 atom stereocenters. The van der Waals surface area contributed by atoms with Crippen LogP contribution in [0.3, 0.4) is 0 Å². The van der Waals surface area contributed by atoms with E-state index < -0.39 is 0 Å². The topological polar surface area (TPSA) is 55.8 Å². The summed E-state index contributed by atoms with van der Waals surface area (Å²) in [4.78, 5) is 16.9. The van der Waals surface area contributed by atoms with Gasteiger partial charge in [-0.2, -0.15) is 0 Å². The fourth-order valence-electron chi connectivity index (χ4n) is 3.55. The highest BCUT2D eigenvalue weighted by Crippen LogP contribution is 2.32. The predicted octanol–water partition coefficient (Wildman–Crippen LogP) is 0.288. The number of piperidine rings is 1. The zero-order chi connectivity index (χ0) is 14.9. The molecule has 0 aromatic carbocycles. The average molecular weight is 283 g/mol. The van der Waals surface area contributed by atoms with Gasteiger partial charge >= 0.3 is 0 Å². The van der Waals surface area contributed by atoms with E-state index in [0.29, 0.717) is 13.0 Å². The number of likely N-dealkylation sites (N-methyl/N-ethyl adjacent to an activating group) is 1. The second kappa shape index (κ2) is 6.00. The lowest BCUT2D eigenvalue weighted by Crippen LogP contribution is -2.58. The van der Waals surface area contributed by atoms with Crippen molar-refractivity contribution in [3.05, 3.63) is 0 Å². The van der Waals surface area contributed by atoms with Gasteiger partial charge in [0.2, 0.25) is 5.91 Å². The number of nitrogens with one attached hydrogen (secondary N) is 1. The van der Waals surface area contributed by atoms with Crippen LogP contribution in [0.15, 0.2) is 0 Å². The minimum atomic E-state index is -0.379. The van der Waals surface area contributed by atoms with E-state index in [4.69, 9.17) is 0 Å². The molecule has 0 saturated carbocycles. The molecule has 5 nitrogen and oxygen atoms in total. The van der Waals surface area contributed by atoms with Crippen LogP contribution in [0.25, 0.3) is 0 Å². The van der Waals surface area contributed by atoms with E-state index in [2.05, 4.69) is 24.1 Å². The first-order valence-electron chi connectivity index (χ1n) is 7.68. The minimum absolute atomic E-state index is 0.00839. The zero-order valence-corrected chi connectivity index (χ0v) is 13.2. The number of hydrogen-bond donors (Lipinski definition) is 2. The van der Waals surface area contributed by atoms with Gasteiger partial charge in [0.15, 0.2) is 0 Å². The van der Waals surface area contributed by atoms with Gasteiger partial charge in [0, 0.05) is 19.1 Å². The molecule has 0 aromatic heterocycles. The molecule has 0 aliphatic carbocycles. The fourth-order valence-corrected chi connectivity index (χ4v) is 3.55. The molecule has 1 amide bonds. The molecule has 2 saturated heterocycles. The van der Waals surface area contributed by atoms with Crippen LogP contribution in [0.4, 0.5) is 0 Å². The average Bonchev–Trinajstić information content (AvgIpc) is 2.68. The Morgan fingerprint density at radius 3 is 2.75 bits per heavy atom. The number of aliphatic hydroxyl groups is 1. The van der Waals surface area contributed by atoms with Crippen molar-refractivity contribution >= 4 is 5.91 Å².